The first-order chi connectivity index (χ1) is 17.5. The van der Waals surface area contributed by atoms with Crippen LogP contribution < -0.4 is 5.32 Å². The van der Waals surface area contributed by atoms with E-state index >= 15 is 0 Å². The monoisotopic (exact) mass is 595 g/mol. The number of carbonyl (C=O) groups excluding carboxylic acids is 1. The van der Waals surface area contributed by atoms with Gasteiger partial charge in [0.2, 0.25) is 5.91 Å². The Morgan fingerprint density at radius 2 is 1.51 bits per heavy atom. The lowest BCUT2D eigenvalue weighted by Gasteiger charge is -2.19. The number of aliphatic hydroxyl groups is 1. The molecule has 222 valence electrons. The van der Waals surface area contributed by atoms with E-state index in [1.807, 2.05) is 20.8 Å². The van der Waals surface area contributed by atoms with E-state index in [9.17, 15) is 24.3 Å². The van der Waals surface area contributed by atoms with Crippen LogP contribution in [0, 0.1) is 11.8 Å². The van der Waals surface area contributed by atoms with E-state index in [2.05, 4.69) is 5.32 Å². The van der Waals surface area contributed by atoms with Crippen molar-refractivity contribution in [1.82, 2.24) is 5.32 Å². The van der Waals surface area contributed by atoms with Crippen molar-refractivity contribution < 1.29 is 51.8 Å². The number of phosphoric acid groups is 1. The molecule has 0 aromatic heterocycles. The van der Waals surface area contributed by atoms with E-state index in [-0.39, 0.29) is 76.7 Å². The minimum Gasteiger partial charge on any atom is -0.396 e. The number of ether oxygens (including phenoxy) is 2. The van der Waals surface area contributed by atoms with Gasteiger partial charge in [0.05, 0.1) is 52.4 Å². The summed E-state index contributed by atoms with van der Waals surface area (Å²) in [6.07, 6.45) is 3.37. The fourth-order valence-electron chi connectivity index (χ4n) is 2.67. The molecule has 4 N–H and O–H groups in total. The topological polar surface area (TPSA) is 162 Å². The zero-order valence-corrected chi connectivity index (χ0v) is 25.1. The highest BCUT2D eigenvalue weighted by molar-refractivity contribution is 8.07. The zero-order valence-electron chi connectivity index (χ0n) is 22.5. The average molecular weight is 596 g/mol. The third kappa shape index (κ3) is 21.5. The molecular formula is C22H47NO11P2S. The summed E-state index contributed by atoms with van der Waals surface area (Å²) in [5.74, 6) is -0.300. The zero-order chi connectivity index (χ0) is 28.2. The minimum atomic E-state index is -4.27. The molecule has 5 atom stereocenters. The Labute approximate surface area is 226 Å². The normalized spacial score (nSPS) is 17.5. The van der Waals surface area contributed by atoms with E-state index in [0.717, 1.165) is 19.3 Å². The van der Waals surface area contributed by atoms with Crippen molar-refractivity contribution in [3.8, 4) is 0 Å². The maximum atomic E-state index is 12.0. The summed E-state index contributed by atoms with van der Waals surface area (Å²) in [5.41, 5.74) is 0. The Bertz CT molecular complexity index is 689. The van der Waals surface area contributed by atoms with E-state index in [1.165, 1.54) is 0 Å². The highest BCUT2D eigenvalue weighted by atomic mass is 32.5. The molecular weight excluding hydrogens is 548 g/mol. The third-order valence-corrected chi connectivity index (χ3v) is 8.05. The quantitative estimate of drug-likeness (QED) is 0.0903. The van der Waals surface area contributed by atoms with Crippen LogP contribution in [0.15, 0.2) is 0 Å². The van der Waals surface area contributed by atoms with Crippen molar-refractivity contribution in [3.05, 3.63) is 0 Å². The number of hydrogen-bond donors (Lipinski definition) is 4. The van der Waals surface area contributed by atoms with Gasteiger partial charge >= 0.3 is 14.5 Å². The van der Waals surface area contributed by atoms with Crippen molar-refractivity contribution in [2.45, 2.75) is 65.9 Å². The van der Waals surface area contributed by atoms with E-state index < -0.39 is 14.5 Å². The molecule has 37 heavy (non-hydrogen) atoms. The smallest absolute Gasteiger partial charge is 0.396 e. The van der Waals surface area contributed by atoms with Crippen molar-refractivity contribution in [2.24, 2.45) is 11.8 Å². The predicted molar refractivity (Wildman–Crippen MR) is 144 cm³/mol. The molecule has 0 heterocycles. The lowest BCUT2D eigenvalue weighted by molar-refractivity contribution is -0.124. The first kappa shape index (κ1) is 37.0. The van der Waals surface area contributed by atoms with Gasteiger partial charge in [-0.3, -0.25) is 13.8 Å². The highest BCUT2D eigenvalue weighted by Crippen LogP contribution is 2.45. The molecule has 1 amide bonds. The fraction of sp³-hybridized carbons (Fsp3) is 0.955. The van der Waals surface area contributed by atoms with Gasteiger partial charge in [0.15, 0.2) is 0 Å². The number of unbranched alkanes of at least 4 members (excludes halogenated alkanes) is 1. The van der Waals surface area contributed by atoms with Gasteiger partial charge in [0.25, 0.3) is 0 Å². The molecule has 0 saturated carbocycles. The van der Waals surface area contributed by atoms with E-state index in [0.29, 0.717) is 19.4 Å². The minimum absolute atomic E-state index is 0.0154. The Morgan fingerprint density at radius 3 is 2.08 bits per heavy atom. The summed E-state index contributed by atoms with van der Waals surface area (Å²) >= 11 is 4.90. The number of amides is 1. The van der Waals surface area contributed by atoms with Crippen LogP contribution in [-0.2, 0) is 48.7 Å². The lowest BCUT2D eigenvalue weighted by atomic mass is 10.0. The molecule has 5 unspecified atom stereocenters. The van der Waals surface area contributed by atoms with Crippen LogP contribution >= 0.6 is 14.5 Å². The maximum absolute atomic E-state index is 12.0. The number of phosphoric ester groups is 1. The molecule has 0 bridgehead atoms. The van der Waals surface area contributed by atoms with Crippen LogP contribution in [0.2, 0.25) is 0 Å². The summed E-state index contributed by atoms with van der Waals surface area (Å²) in [4.78, 5) is 31.4. The number of rotatable bonds is 25. The van der Waals surface area contributed by atoms with Crippen LogP contribution in [-0.4, -0.2) is 86.3 Å². The number of carbonyl (C=O) groups is 1. The van der Waals surface area contributed by atoms with Gasteiger partial charge in [-0.1, -0.05) is 27.2 Å². The predicted octanol–water partition coefficient (Wildman–Crippen LogP) is 3.14. The second-order valence-electron chi connectivity index (χ2n) is 8.59. The van der Waals surface area contributed by atoms with Gasteiger partial charge in [-0.05, 0) is 44.4 Å². The van der Waals surface area contributed by atoms with Crippen LogP contribution in [0.25, 0.3) is 0 Å². The van der Waals surface area contributed by atoms with Crippen LogP contribution in [0.3, 0.4) is 0 Å². The second-order valence-corrected chi connectivity index (χ2v) is 12.8. The van der Waals surface area contributed by atoms with Crippen molar-refractivity contribution in [2.75, 3.05) is 59.4 Å². The molecule has 12 nitrogen and oxygen atoms in total. The molecule has 0 aliphatic heterocycles. The molecule has 0 radical (unpaired) electrons. The summed E-state index contributed by atoms with van der Waals surface area (Å²) in [7, 11) is -4.27. The summed E-state index contributed by atoms with van der Waals surface area (Å²) in [5, 5.41) is 12.3. The summed E-state index contributed by atoms with van der Waals surface area (Å²) in [6.45, 7) is 5.17. The van der Waals surface area contributed by atoms with Gasteiger partial charge < -0.3 is 38.7 Å². The Hall–Kier alpha value is -0.0100. The van der Waals surface area contributed by atoms with Gasteiger partial charge in [-0.2, -0.15) is 0 Å². The molecule has 0 aromatic rings. The Balaban J connectivity index is 3.81. The van der Waals surface area contributed by atoms with Crippen LogP contribution in [0.5, 0.6) is 0 Å². The van der Waals surface area contributed by atoms with Gasteiger partial charge in [0.1, 0.15) is 0 Å². The SMILES string of the molecule is CCC(C)OP(O)(=S)OCCOCCOCCOP(=O)(O)OCC(CO)CCCCNC(=O)C(C)CC. The second kappa shape index (κ2) is 21.8. The number of hydrogen-bond acceptors (Lipinski definition) is 10. The molecule has 0 saturated heterocycles. The average Bonchev–Trinajstić information content (AvgIpc) is 2.85. The molecule has 0 rings (SSSR count). The van der Waals surface area contributed by atoms with Crippen LogP contribution in [0.1, 0.15) is 59.8 Å². The Morgan fingerprint density at radius 1 is 0.919 bits per heavy atom. The van der Waals surface area contributed by atoms with Crippen molar-refractivity contribution >= 4 is 32.3 Å². The molecule has 0 spiro atoms. The maximum Gasteiger partial charge on any atom is 0.472 e. The van der Waals surface area contributed by atoms with Crippen LogP contribution in [0.4, 0.5) is 0 Å². The van der Waals surface area contributed by atoms with E-state index in [1.54, 1.807) is 6.92 Å². The molecule has 0 fully saturated rings. The van der Waals surface area contributed by atoms with E-state index in [4.69, 9.17) is 39.4 Å². The summed E-state index contributed by atoms with van der Waals surface area (Å²) in [6, 6.07) is 0. The first-order valence-electron chi connectivity index (χ1n) is 12.8. The standard InChI is InChI=1S/C22H47NO11P2S/c1-5-19(3)22(25)23-10-8-7-9-21(17-24)18-33-35(26,27)31-15-13-29-11-12-30-14-16-32-36(28,37)34-20(4)6-2/h19-21,24H,5-18H2,1-4H3,(H,23,25)(H,26,27)(H,28,37). The first-order valence-corrected chi connectivity index (χ1v) is 16.9. The van der Waals surface area contributed by atoms with Gasteiger partial charge in [0, 0.05) is 25.0 Å². The largest absolute Gasteiger partial charge is 0.472 e. The molecule has 0 aliphatic carbocycles. The van der Waals surface area contributed by atoms with Crippen molar-refractivity contribution in [1.29, 1.82) is 0 Å². The fourth-order valence-corrected chi connectivity index (χ4v) is 5.08. The van der Waals surface area contributed by atoms with Gasteiger partial charge in [-0.15, -0.1) is 0 Å². The third-order valence-electron chi connectivity index (χ3n) is 5.35. The summed E-state index contributed by atoms with van der Waals surface area (Å²) < 4.78 is 42.8. The highest BCUT2D eigenvalue weighted by Gasteiger charge is 2.23. The molecule has 0 aliphatic rings. The molecule has 0 aromatic carbocycles. The lowest BCUT2D eigenvalue weighted by Crippen LogP contribution is -2.29. The Kier molecular flexibility index (Phi) is 21.8. The number of aliphatic hydroxyl groups excluding tert-OH is 1. The van der Waals surface area contributed by atoms with Crippen molar-refractivity contribution in [3.63, 3.8) is 0 Å². The molecule has 15 heteroatoms. The van der Waals surface area contributed by atoms with Gasteiger partial charge in [-0.25, -0.2) is 4.57 Å². The number of nitrogens with one attached hydrogen (secondary N) is 1.